The predicted molar refractivity (Wildman–Crippen MR) is 157 cm³/mol. The van der Waals surface area contributed by atoms with Crippen LogP contribution in [0.4, 0.5) is 10.6 Å². The van der Waals surface area contributed by atoms with Crippen molar-refractivity contribution in [2.75, 3.05) is 50.8 Å². The van der Waals surface area contributed by atoms with Crippen LogP contribution in [-0.2, 0) is 14.3 Å². The molecule has 3 fully saturated rings. The first-order chi connectivity index (χ1) is 20.7. The minimum Gasteiger partial charge on any atom is -0.481 e. The fourth-order valence-corrected chi connectivity index (χ4v) is 5.67. The number of carboxylic acid groups (broad SMARTS) is 1. The second kappa shape index (κ2) is 13.4. The molecule has 13 heteroatoms. The molecule has 1 unspecified atom stereocenters. The molecule has 13 nitrogen and oxygen atoms in total. The molecule has 0 bridgehead atoms. The summed E-state index contributed by atoms with van der Waals surface area (Å²) < 4.78 is 5.27. The van der Waals surface area contributed by atoms with Gasteiger partial charge in [-0.25, -0.2) is 14.8 Å². The molecule has 230 valence electrons. The normalized spacial score (nSPS) is 21.6. The molecular formula is C30H39N7O6. The Bertz CT molecular complexity index is 1320. The number of hydrogen-bond acceptors (Lipinski definition) is 9. The van der Waals surface area contributed by atoms with Crippen LogP contribution < -0.4 is 16.0 Å². The molecule has 0 radical (unpaired) electrons. The molecule has 2 aliphatic heterocycles. The number of rotatable bonds is 11. The van der Waals surface area contributed by atoms with Gasteiger partial charge in [-0.1, -0.05) is 43.7 Å². The van der Waals surface area contributed by atoms with Gasteiger partial charge >= 0.3 is 12.1 Å². The van der Waals surface area contributed by atoms with Crippen LogP contribution in [0.3, 0.4) is 0 Å². The van der Waals surface area contributed by atoms with Crippen LogP contribution in [0.5, 0.6) is 0 Å². The van der Waals surface area contributed by atoms with E-state index in [0.29, 0.717) is 30.1 Å². The van der Waals surface area contributed by atoms with Crippen LogP contribution in [0.1, 0.15) is 43.1 Å². The molecule has 0 spiro atoms. The molecule has 2 saturated heterocycles. The van der Waals surface area contributed by atoms with Crippen molar-refractivity contribution in [3.63, 3.8) is 0 Å². The van der Waals surface area contributed by atoms with Crippen molar-refractivity contribution in [3.05, 3.63) is 42.1 Å². The molecule has 3 heterocycles. The lowest BCUT2D eigenvalue weighted by molar-refractivity contribution is -0.138. The lowest BCUT2D eigenvalue weighted by atomic mass is 10.1. The summed E-state index contributed by atoms with van der Waals surface area (Å²) in [6.07, 6.45) is 0.888. The molecule has 3 amide bonds. The minimum absolute atomic E-state index is 0.0847. The number of anilines is 1. The Balaban J connectivity index is 1.30. The van der Waals surface area contributed by atoms with E-state index in [0.717, 1.165) is 31.5 Å². The number of aromatic nitrogens is 2. The maximum atomic E-state index is 13.6. The average molecular weight is 594 g/mol. The number of fused-ring (bicyclic) bond motifs is 1. The standard InChI is InChI=1S/C30H39N7O6/c1-2-3-15-43-30(42)36-13-11-35(12-14-36)29(41)22(9-10-25(38)39)33-28(40)23-16-24(37-17-20-21(18-37)26(20)31)34-27(32-23)19-7-5-4-6-8-19/h4-8,16,20-22,26H,2-3,9-15,17-18,31H2,1H3,(H,33,40)(H,38,39)/t20-,21+,22-,26?/m0/s1. The van der Waals surface area contributed by atoms with Crippen LogP contribution in [0.15, 0.2) is 36.4 Å². The van der Waals surface area contributed by atoms with Gasteiger partial charge in [0.15, 0.2) is 5.82 Å². The highest BCUT2D eigenvalue weighted by Gasteiger charge is 2.54. The number of piperidine rings is 1. The molecule has 1 aromatic heterocycles. The molecule has 1 aromatic carbocycles. The molecule has 3 aliphatic rings. The first-order valence-electron chi connectivity index (χ1n) is 14.9. The monoisotopic (exact) mass is 593 g/mol. The fourth-order valence-electron chi connectivity index (χ4n) is 5.67. The molecule has 4 N–H and O–H groups in total. The number of benzene rings is 1. The highest BCUT2D eigenvalue weighted by molar-refractivity contribution is 5.97. The van der Waals surface area contributed by atoms with Crippen molar-refractivity contribution < 1.29 is 29.0 Å². The Morgan fingerprint density at radius 3 is 2.37 bits per heavy atom. The quantitative estimate of drug-likeness (QED) is 0.325. The van der Waals surface area contributed by atoms with Crippen molar-refractivity contribution in [2.45, 2.75) is 44.7 Å². The molecule has 4 atom stereocenters. The third kappa shape index (κ3) is 7.22. The van der Waals surface area contributed by atoms with E-state index in [1.54, 1.807) is 15.9 Å². The number of carboxylic acids is 1. The summed E-state index contributed by atoms with van der Waals surface area (Å²) in [5.41, 5.74) is 6.95. The van der Waals surface area contributed by atoms with Crippen LogP contribution in [0.2, 0.25) is 0 Å². The van der Waals surface area contributed by atoms with Crippen molar-refractivity contribution >= 4 is 29.7 Å². The van der Waals surface area contributed by atoms with Crippen molar-refractivity contribution in [3.8, 4) is 11.4 Å². The number of carbonyl (C=O) groups excluding carboxylic acids is 3. The smallest absolute Gasteiger partial charge is 0.409 e. The van der Waals surface area contributed by atoms with Crippen molar-refractivity contribution in [1.82, 2.24) is 25.1 Å². The maximum absolute atomic E-state index is 13.6. The van der Waals surface area contributed by atoms with E-state index < -0.39 is 29.9 Å². The zero-order chi connectivity index (χ0) is 30.5. The van der Waals surface area contributed by atoms with Crippen LogP contribution >= 0.6 is 0 Å². The Labute approximate surface area is 250 Å². The van der Waals surface area contributed by atoms with Gasteiger partial charge in [0, 0.05) is 63.4 Å². The fraction of sp³-hybridized carbons (Fsp3) is 0.533. The van der Waals surface area contributed by atoms with Gasteiger partial charge in [0.25, 0.3) is 5.91 Å². The third-order valence-electron chi connectivity index (χ3n) is 8.38. The molecular weight excluding hydrogens is 554 g/mol. The lowest BCUT2D eigenvalue weighted by Crippen LogP contribution is -2.56. The summed E-state index contributed by atoms with van der Waals surface area (Å²) in [5.74, 6) is -0.276. The number of carbonyl (C=O) groups is 4. The van der Waals surface area contributed by atoms with E-state index in [2.05, 4.69) is 15.2 Å². The number of amides is 3. The van der Waals surface area contributed by atoms with Crippen molar-refractivity contribution in [1.29, 1.82) is 0 Å². The summed E-state index contributed by atoms with van der Waals surface area (Å²) in [6.45, 7) is 4.91. The first-order valence-corrected chi connectivity index (χ1v) is 14.9. The van der Waals surface area contributed by atoms with Crippen LogP contribution in [0, 0.1) is 11.8 Å². The predicted octanol–water partition coefficient (Wildman–Crippen LogP) is 1.58. The van der Waals surface area contributed by atoms with Gasteiger partial charge in [0.2, 0.25) is 5.91 Å². The number of piperazine rings is 1. The Kier molecular flexibility index (Phi) is 9.39. The number of ether oxygens (including phenoxy) is 1. The largest absolute Gasteiger partial charge is 0.481 e. The summed E-state index contributed by atoms with van der Waals surface area (Å²) >= 11 is 0. The first kappa shape index (κ1) is 30.2. The molecule has 1 saturated carbocycles. The van der Waals surface area contributed by atoms with E-state index in [4.69, 9.17) is 15.5 Å². The average Bonchev–Trinajstić information content (AvgIpc) is 3.39. The van der Waals surface area contributed by atoms with E-state index in [1.807, 2.05) is 37.3 Å². The number of nitrogens with zero attached hydrogens (tertiary/aromatic N) is 5. The third-order valence-corrected chi connectivity index (χ3v) is 8.38. The van der Waals surface area contributed by atoms with Crippen LogP contribution in [0.25, 0.3) is 11.4 Å². The van der Waals surface area contributed by atoms with E-state index in [1.165, 1.54) is 0 Å². The maximum Gasteiger partial charge on any atom is 0.409 e. The van der Waals surface area contributed by atoms with Gasteiger partial charge in [-0.2, -0.15) is 0 Å². The minimum atomic E-state index is -1.08. The van der Waals surface area contributed by atoms with Gasteiger partial charge in [-0.15, -0.1) is 0 Å². The Hall–Kier alpha value is -4.26. The summed E-state index contributed by atoms with van der Waals surface area (Å²) in [6, 6.07) is 10.0. The SMILES string of the molecule is CCCCOC(=O)N1CCN(C(=O)[C@H](CCC(=O)O)NC(=O)c2cc(N3C[C@@H]4C(N)[C@@H]4C3)nc(-c3ccccc3)n2)CC1. The number of nitrogens with one attached hydrogen (secondary N) is 1. The summed E-state index contributed by atoms with van der Waals surface area (Å²) in [7, 11) is 0. The second-order valence-electron chi connectivity index (χ2n) is 11.3. The van der Waals surface area contributed by atoms with E-state index in [-0.39, 0.29) is 50.8 Å². The number of hydrogen-bond donors (Lipinski definition) is 3. The lowest BCUT2D eigenvalue weighted by Gasteiger charge is -2.36. The zero-order valence-electron chi connectivity index (χ0n) is 24.4. The number of unbranched alkanes of at least 4 members (excludes halogenated alkanes) is 1. The number of nitrogens with two attached hydrogens (primary N) is 1. The van der Waals surface area contributed by atoms with Gasteiger partial charge in [-0.3, -0.25) is 14.4 Å². The van der Waals surface area contributed by atoms with Crippen LogP contribution in [-0.4, -0.2) is 107 Å². The summed E-state index contributed by atoms with van der Waals surface area (Å²) in [5, 5.41) is 12.1. The highest BCUT2D eigenvalue weighted by atomic mass is 16.6. The topological polar surface area (TPSA) is 171 Å². The summed E-state index contributed by atoms with van der Waals surface area (Å²) in [4.78, 5) is 65.3. The molecule has 5 rings (SSSR count). The van der Waals surface area contributed by atoms with Gasteiger partial charge in [0.1, 0.15) is 17.6 Å². The van der Waals surface area contributed by atoms with Gasteiger partial charge in [0.05, 0.1) is 6.61 Å². The highest BCUT2D eigenvalue weighted by Crippen LogP contribution is 2.45. The Morgan fingerprint density at radius 2 is 1.72 bits per heavy atom. The van der Waals surface area contributed by atoms with Crippen molar-refractivity contribution in [2.24, 2.45) is 17.6 Å². The molecule has 2 aromatic rings. The second-order valence-corrected chi connectivity index (χ2v) is 11.3. The number of aliphatic carboxylic acids is 1. The Morgan fingerprint density at radius 1 is 1.05 bits per heavy atom. The molecule has 43 heavy (non-hydrogen) atoms. The van der Waals surface area contributed by atoms with Gasteiger partial charge in [-0.05, 0) is 24.7 Å². The zero-order valence-corrected chi connectivity index (χ0v) is 24.4. The van der Waals surface area contributed by atoms with Gasteiger partial charge < -0.3 is 35.6 Å². The van der Waals surface area contributed by atoms with E-state index in [9.17, 15) is 24.3 Å². The van der Waals surface area contributed by atoms with E-state index >= 15 is 0 Å². The molecule has 1 aliphatic carbocycles.